The Labute approximate surface area is 107 Å². The zero-order valence-corrected chi connectivity index (χ0v) is 11.4. The highest BCUT2D eigenvalue weighted by atomic mass is 79.9. The summed E-state index contributed by atoms with van der Waals surface area (Å²) in [6.45, 7) is 3.55. The Morgan fingerprint density at radius 3 is 2.88 bits per heavy atom. The van der Waals surface area contributed by atoms with E-state index < -0.39 is 5.41 Å². The predicted molar refractivity (Wildman–Crippen MR) is 65.7 cm³/mol. The molecule has 0 unspecified atom stereocenters. The van der Waals surface area contributed by atoms with E-state index in [2.05, 4.69) is 25.9 Å². The molecule has 0 radical (unpaired) electrons. The fourth-order valence-electron chi connectivity index (χ4n) is 1.55. The van der Waals surface area contributed by atoms with Gasteiger partial charge in [0.1, 0.15) is 10.0 Å². The van der Waals surface area contributed by atoms with Gasteiger partial charge >= 0.3 is 5.97 Å². The van der Waals surface area contributed by atoms with Crippen LogP contribution in [0, 0.1) is 0 Å². The van der Waals surface area contributed by atoms with Gasteiger partial charge in [-0.05, 0) is 35.8 Å². The number of carbonyl (C=O) groups excluding carboxylic acids is 1. The highest BCUT2D eigenvalue weighted by Gasteiger charge is 2.32. The Balaban J connectivity index is 2.53. The summed E-state index contributed by atoms with van der Waals surface area (Å²) in [6.07, 6.45) is 3.48. The summed E-state index contributed by atoms with van der Waals surface area (Å²) in [4.78, 5) is 20.2. The van der Waals surface area contributed by atoms with Crippen molar-refractivity contribution in [2.75, 3.05) is 7.11 Å². The van der Waals surface area contributed by atoms with Crippen molar-refractivity contribution in [1.29, 1.82) is 0 Å². The summed E-state index contributed by atoms with van der Waals surface area (Å²) in [5, 5.41) is 0. The van der Waals surface area contributed by atoms with Gasteiger partial charge in [0.15, 0.2) is 0 Å². The third kappa shape index (κ3) is 1.93. The fourth-order valence-corrected chi connectivity index (χ4v) is 1.93. The highest BCUT2D eigenvalue weighted by Crippen LogP contribution is 2.23. The number of nitrogens with zero attached hydrogens (tertiary/aromatic N) is 3. The second-order valence-corrected chi connectivity index (χ2v) is 4.99. The molecule has 0 aliphatic carbocycles. The molecule has 2 rings (SSSR count). The molecule has 0 atom stereocenters. The van der Waals surface area contributed by atoms with Gasteiger partial charge in [0, 0.05) is 6.20 Å². The number of halogens is 1. The lowest BCUT2D eigenvalue weighted by Gasteiger charge is -2.20. The smallest absolute Gasteiger partial charge is 0.317 e. The van der Waals surface area contributed by atoms with Crippen LogP contribution in [0.15, 0.2) is 23.1 Å². The second kappa shape index (κ2) is 4.10. The molecule has 0 aliphatic heterocycles. The number of imidazole rings is 1. The van der Waals surface area contributed by atoms with Crippen LogP contribution in [0.25, 0.3) is 5.78 Å². The Kier molecular flexibility index (Phi) is 2.91. The van der Waals surface area contributed by atoms with E-state index in [1.54, 1.807) is 30.5 Å². The molecule has 0 aliphatic rings. The SMILES string of the molecule is COC(=O)C(C)(C)c1ccn2c(Br)cnc2n1. The summed E-state index contributed by atoms with van der Waals surface area (Å²) in [5.74, 6) is 0.228. The van der Waals surface area contributed by atoms with E-state index in [-0.39, 0.29) is 5.97 Å². The maximum absolute atomic E-state index is 11.7. The van der Waals surface area contributed by atoms with E-state index in [4.69, 9.17) is 4.74 Å². The van der Waals surface area contributed by atoms with E-state index in [9.17, 15) is 4.79 Å². The molecule has 17 heavy (non-hydrogen) atoms. The number of hydrogen-bond donors (Lipinski definition) is 0. The summed E-state index contributed by atoms with van der Waals surface area (Å²) < 4.78 is 7.38. The third-order valence-corrected chi connectivity index (χ3v) is 3.26. The van der Waals surface area contributed by atoms with Crippen LogP contribution in [-0.4, -0.2) is 27.4 Å². The zero-order valence-electron chi connectivity index (χ0n) is 9.77. The molecule has 0 saturated heterocycles. The Bertz CT molecular complexity index is 577. The number of methoxy groups -OCH3 is 1. The van der Waals surface area contributed by atoms with Crippen molar-refractivity contribution in [2.45, 2.75) is 19.3 Å². The average Bonchev–Trinajstić information content (AvgIpc) is 2.69. The van der Waals surface area contributed by atoms with Gasteiger partial charge in [-0.2, -0.15) is 0 Å². The number of carbonyl (C=O) groups is 1. The molecule has 2 heterocycles. The van der Waals surface area contributed by atoms with Gasteiger partial charge in [0.2, 0.25) is 5.78 Å². The molecule has 6 heteroatoms. The van der Waals surface area contributed by atoms with E-state index >= 15 is 0 Å². The van der Waals surface area contributed by atoms with Gasteiger partial charge in [0.25, 0.3) is 0 Å². The first kappa shape index (κ1) is 12.0. The number of fused-ring (bicyclic) bond motifs is 1. The molecule has 2 aromatic heterocycles. The highest BCUT2D eigenvalue weighted by molar-refractivity contribution is 9.10. The first-order valence-electron chi connectivity index (χ1n) is 5.05. The molecule has 0 amide bonds. The average molecular weight is 298 g/mol. The van der Waals surface area contributed by atoms with Crippen LogP contribution in [0.2, 0.25) is 0 Å². The van der Waals surface area contributed by atoms with Crippen LogP contribution < -0.4 is 0 Å². The summed E-state index contributed by atoms with van der Waals surface area (Å²) >= 11 is 3.35. The van der Waals surface area contributed by atoms with Crippen molar-refractivity contribution in [3.05, 3.63) is 28.8 Å². The van der Waals surface area contributed by atoms with E-state index in [0.717, 1.165) is 4.60 Å². The van der Waals surface area contributed by atoms with Crippen LogP contribution in [0.5, 0.6) is 0 Å². The first-order valence-corrected chi connectivity index (χ1v) is 5.84. The maximum Gasteiger partial charge on any atom is 0.317 e. The minimum absolute atomic E-state index is 0.319. The molecule has 0 fully saturated rings. The number of esters is 1. The monoisotopic (exact) mass is 297 g/mol. The Hall–Kier alpha value is -1.43. The minimum Gasteiger partial charge on any atom is -0.468 e. The molecule has 90 valence electrons. The van der Waals surface area contributed by atoms with Gasteiger partial charge in [0.05, 0.1) is 19.0 Å². The quantitative estimate of drug-likeness (QED) is 0.795. The van der Waals surface area contributed by atoms with E-state index in [0.29, 0.717) is 11.5 Å². The van der Waals surface area contributed by atoms with Crippen LogP contribution in [0.4, 0.5) is 0 Å². The van der Waals surface area contributed by atoms with Gasteiger partial charge in [-0.15, -0.1) is 0 Å². The topological polar surface area (TPSA) is 56.5 Å². The Morgan fingerprint density at radius 2 is 2.24 bits per heavy atom. The minimum atomic E-state index is -0.783. The summed E-state index contributed by atoms with van der Waals surface area (Å²) in [6, 6.07) is 1.79. The van der Waals surface area contributed by atoms with Crippen molar-refractivity contribution in [3.8, 4) is 0 Å². The van der Waals surface area contributed by atoms with E-state index in [1.807, 2.05) is 6.20 Å². The van der Waals surface area contributed by atoms with Crippen LogP contribution in [0.3, 0.4) is 0 Å². The number of hydrogen-bond acceptors (Lipinski definition) is 4. The van der Waals surface area contributed by atoms with Gasteiger partial charge in [-0.1, -0.05) is 0 Å². The predicted octanol–water partition coefficient (Wildman–Crippen LogP) is 1.94. The van der Waals surface area contributed by atoms with E-state index in [1.165, 1.54) is 7.11 Å². The van der Waals surface area contributed by atoms with Crippen LogP contribution in [-0.2, 0) is 14.9 Å². The van der Waals surface area contributed by atoms with Crippen molar-refractivity contribution >= 4 is 27.7 Å². The molecule has 0 spiro atoms. The van der Waals surface area contributed by atoms with Crippen molar-refractivity contribution in [3.63, 3.8) is 0 Å². The molecule has 5 nitrogen and oxygen atoms in total. The normalized spacial score (nSPS) is 11.8. The molecular weight excluding hydrogens is 286 g/mol. The van der Waals surface area contributed by atoms with Crippen molar-refractivity contribution < 1.29 is 9.53 Å². The number of ether oxygens (including phenoxy) is 1. The first-order chi connectivity index (χ1) is 7.96. The number of aromatic nitrogens is 3. The Morgan fingerprint density at radius 1 is 1.53 bits per heavy atom. The molecule has 0 saturated carbocycles. The van der Waals surface area contributed by atoms with Crippen molar-refractivity contribution in [2.24, 2.45) is 0 Å². The number of rotatable bonds is 2. The molecular formula is C11H12BrN3O2. The standard InChI is InChI=1S/C11H12BrN3O2/c1-11(2,9(16)17-3)7-4-5-15-8(12)6-13-10(15)14-7/h4-6H,1-3H3. The molecule has 0 aromatic carbocycles. The maximum atomic E-state index is 11.7. The fraction of sp³-hybridized carbons (Fsp3) is 0.364. The summed E-state index contributed by atoms with van der Waals surface area (Å²) in [7, 11) is 1.37. The second-order valence-electron chi connectivity index (χ2n) is 4.18. The third-order valence-electron chi connectivity index (χ3n) is 2.67. The molecule has 0 N–H and O–H groups in total. The van der Waals surface area contributed by atoms with Crippen LogP contribution in [0.1, 0.15) is 19.5 Å². The zero-order chi connectivity index (χ0) is 12.6. The lowest BCUT2D eigenvalue weighted by molar-refractivity contribution is -0.146. The molecule has 0 bridgehead atoms. The lowest BCUT2D eigenvalue weighted by atomic mass is 9.89. The van der Waals surface area contributed by atoms with Gasteiger partial charge < -0.3 is 4.74 Å². The largest absolute Gasteiger partial charge is 0.468 e. The lowest BCUT2D eigenvalue weighted by Crippen LogP contribution is -2.31. The van der Waals surface area contributed by atoms with Gasteiger partial charge in [-0.3, -0.25) is 9.20 Å². The summed E-state index contributed by atoms with van der Waals surface area (Å²) in [5.41, 5.74) is -0.149. The molecule has 2 aromatic rings. The van der Waals surface area contributed by atoms with Crippen molar-refractivity contribution in [1.82, 2.24) is 14.4 Å². The van der Waals surface area contributed by atoms with Crippen LogP contribution >= 0.6 is 15.9 Å². The van der Waals surface area contributed by atoms with Gasteiger partial charge in [-0.25, -0.2) is 9.97 Å².